The molecule has 8 heterocycles. The van der Waals surface area contributed by atoms with Gasteiger partial charge in [0.15, 0.2) is 0 Å². The van der Waals surface area contributed by atoms with Gasteiger partial charge in [-0.25, -0.2) is 0 Å². The fourth-order valence-electron chi connectivity index (χ4n) is 6.15. The average molecular weight is 787 g/mol. The average Bonchev–Trinajstić information content (AvgIpc) is 4.03. The summed E-state index contributed by atoms with van der Waals surface area (Å²) >= 11 is 3.20. The SMILES string of the molecule is Cc1ccc(CNC(=O)c2cc3c(=O)n(Cc4cccs4)ccc3nc2C)o1.Cc1ccc(CNC(=O)c2cc3c(=O)n(Cc4cccs4)ccc3nc2C)o1. The van der Waals surface area contributed by atoms with Gasteiger partial charge >= 0.3 is 0 Å². The molecule has 8 rings (SSSR count). The van der Waals surface area contributed by atoms with Gasteiger partial charge in [-0.2, -0.15) is 0 Å². The van der Waals surface area contributed by atoms with Gasteiger partial charge in [-0.1, -0.05) is 12.1 Å². The maximum Gasteiger partial charge on any atom is 0.260 e. The van der Waals surface area contributed by atoms with E-state index in [0.717, 1.165) is 21.3 Å². The number of pyridine rings is 4. The lowest BCUT2D eigenvalue weighted by molar-refractivity contribution is 0.0939. The molecule has 0 unspecified atom stereocenters. The first-order chi connectivity index (χ1) is 27.0. The van der Waals surface area contributed by atoms with Crippen LogP contribution in [0.5, 0.6) is 0 Å². The van der Waals surface area contributed by atoms with E-state index in [0.29, 0.717) is 68.9 Å². The van der Waals surface area contributed by atoms with Gasteiger partial charge in [-0.15, -0.1) is 22.7 Å². The Balaban J connectivity index is 0.000000172. The lowest BCUT2D eigenvalue weighted by Crippen LogP contribution is -2.25. The van der Waals surface area contributed by atoms with Crippen LogP contribution in [0, 0.1) is 27.7 Å². The van der Waals surface area contributed by atoms with Crippen molar-refractivity contribution in [3.8, 4) is 0 Å². The molecule has 0 saturated carbocycles. The van der Waals surface area contributed by atoms with Crippen LogP contribution in [0.1, 0.15) is 64.9 Å². The topological polar surface area (TPSA) is 154 Å². The van der Waals surface area contributed by atoms with Gasteiger partial charge in [-0.3, -0.25) is 29.1 Å². The van der Waals surface area contributed by atoms with Gasteiger partial charge in [0.25, 0.3) is 22.9 Å². The van der Waals surface area contributed by atoms with Crippen LogP contribution in [0.3, 0.4) is 0 Å². The molecular formula is C42H38N6O6S2. The fourth-order valence-corrected chi connectivity index (χ4v) is 7.55. The highest BCUT2D eigenvalue weighted by molar-refractivity contribution is 7.10. The number of hydrogen-bond acceptors (Lipinski definition) is 10. The highest BCUT2D eigenvalue weighted by Crippen LogP contribution is 2.18. The normalized spacial score (nSPS) is 11.1. The predicted octanol–water partition coefficient (Wildman–Crippen LogP) is 7.29. The van der Waals surface area contributed by atoms with Crippen LogP contribution in [-0.2, 0) is 26.2 Å². The summed E-state index contributed by atoms with van der Waals surface area (Å²) in [5.74, 6) is 2.37. The number of aryl methyl sites for hydroxylation is 4. The Kier molecular flexibility index (Phi) is 11.2. The van der Waals surface area contributed by atoms with E-state index in [2.05, 4.69) is 20.6 Å². The van der Waals surface area contributed by atoms with Crippen LogP contribution in [0.4, 0.5) is 0 Å². The van der Waals surface area contributed by atoms with Crippen molar-refractivity contribution < 1.29 is 18.4 Å². The van der Waals surface area contributed by atoms with Gasteiger partial charge in [-0.05, 0) is 99.1 Å². The second kappa shape index (κ2) is 16.6. The first-order valence-corrected chi connectivity index (χ1v) is 19.5. The number of aromatic nitrogens is 4. The van der Waals surface area contributed by atoms with E-state index < -0.39 is 0 Å². The zero-order valence-electron chi connectivity index (χ0n) is 31.1. The Labute approximate surface area is 329 Å². The predicted molar refractivity (Wildman–Crippen MR) is 218 cm³/mol. The Morgan fingerprint density at radius 3 is 1.41 bits per heavy atom. The molecule has 284 valence electrons. The monoisotopic (exact) mass is 786 g/mol. The molecule has 0 atom stereocenters. The van der Waals surface area contributed by atoms with Gasteiger partial charge < -0.3 is 28.6 Å². The van der Waals surface area contributed by atoms with Crippen LogP contribution in [0.15, 0.2) is 114 Å². The third kappa shape index (κ3) is 8.61. The zero-order chi connectivity index (χ0) is 39.3. The standard InChI is InChI=1S/2C21H19N3O3S/c2*1-13-5-6-15(27-13)11-22-20(25)17-10-18-19(23-14(17)2)7-8-24(21(18)26)12-16-4-3-9-28-16/h2*3-10H,11-12H2,1-2H3,(H,22,25). The van der Waals surface area contributed by atoms with Crippen LogP contribution in [0.2, 0.25) is 0 Å². The molecule has 0 aliphatic carbocycles. The van der Waals surface area contributed by atoms with Crippen molar-refractivity contribution in [2.24, 2.45) is 0 Å². The summed E-state index contributed by atoms with van der Waals surface area (Å²) in [6.07, 6.45) is 3.49. The van der Waals surface area contributed by atoms with Crippen LogP contribution in [0.25, 0.3) is 21.8 Å². The molecule has 56 heavy (non-hydrogen) atoms. The molecule has 0 bridgehead atoms. The lowest BCUT2D eigenvalue weighted by atomic mass is 10.1. The third-order valence-corrected chi connectivity index (χ3v) is 10.8. The minimum atomic E-state index is -0.283. The Bertz CT molecular complexity index is 2600. The lowest BCUT2D eigenvalue weighted by Gasteiger charge is -2.10. The molecule has 2 amide bonds. The highest BCUT2D eigenvalue weighted by Gasteiger charge is 2.17. The van der Waals surface area contributed by atoms with Crippen molar-refractivity contribution in [2.45, 2.75) is 53.9 Å². The van der Waals surface area contributed by atoms with E-state index in [1.807, 2.05) is 85.3 Å². The summed E-state index contributed by atoms with van der Waals surface area (Å²) in [5, 5.41) is 10.5. The largest absolute Gasteiger partial charge is 0.465 e. The Hall–Kier alpha value is -6.38. The van der Waals surface area contributed by atoms with E-state index in [1.165, 1.54) is 0 Å². The van der Waals surface area contributed by atoms with E-state index >= 15 is 0 Å². The maximum atomic E-state index is 12.9. The minimum absolute atomic E-state index is 0.158. The molecule has 0 aliphatic heterocycles. The first-order valence-electron chi connectivity index (χ1n) is 17.8. The Morgan fingerprint density at radius 2 is 1.05 bits per heavy atom. The molecule has 0 spiro atoms. The summed E-state index contributed by atoms with van der Waals surface area (Å²) in [7, 11) is 0. The van der Waals surface area contributed by atoms with Gasteiger partial charge in [0.05, 0.1) is 70.5 Å². The van der Waals surface area contributed by atoms with E-state index in [9.17, 15) is 19.2 Å². The van der Waals surface area contributed by atoms with Crippen LogP contribution >= 0.6 is 22.7 Å². The number of nitrogens with one attached hydrogen (secondary N) is 2. The van der Waals surface area contributed by atoms with Crippen LogP contribution in [-0.4, -0.2) is 30.9 Å². The maximum absolute atomic E-state index is 12.9. The van der Waals surface area contributed by atoms with Crippen molar-refractivity contribution in [2.75, 3.05) is 0 Å². The number of rotatable bonds is 10. The summed E-state index contributed by atoms with van der Waals surface area (Å²) in [5.41, 5.74) is 2.80. The molecule has 14 heteroatoms. The van der Waals surface area contributed by atoms with Crippen molar-refractivity contribution >= 4 is 56.3 Å². The van der Waals surface area contributed by atoms with Crippen molar-refractivity contribution in [3.05, 3.63) is 172 Å². The molecular weight excluding hydrogens is 749 g/mol. The summed E-state index contributed by atoms with van der Waals surface area (Å²) in [6, 6.07) is 22.1. The minimum Gasteiger partial charge on any atom is -0.465 e. The first kappa shape index (κ1) is 37.9. The quantitative estimate of drug-likeness (QED) is 0.147. The number of amides is 2. The summed E-state index contributed by atoms with van der Waals surface area (Å²) in [6.45, 7) is 8.79. The smallest absolute Gasteiger partial charge is 0.260 e. The summed E-state index contributed by atoms with van der Waals surface area (Å²) < 4.78 is 14.2. The fraction of sp³-hybridized carbons (Fsp3) is 0.190. The second-order valence-electron chi connectivity index (χ2n) is 13.2. The third-order valence-electron chi connectivity index (χ3n) is 9.03. The number of nitrogens with zero attached hydrogens (tertiary/aromatic N) is 4. The van der Waals surface area contributed by atoms with E-state index in [4.69, 9.17) is 8.83 Å². The molecule has 0 fully saturated rings. The Morgan fingerprint density at radius 1 is 0.625 bits per heavy atom. The van der Waals surface area contributed by atoms with E-state index in [1.54, 1.807) is 70.2 Å². The number of carbonyl (C=O) groups excluding carboxylic acids is 2. The molecule has 0 radical (unpaired) electrons. The highest BCUT2D eigenvalue weighted by atomic mass is 32.1. The molecule has 8 aromatic rings. The van der Waals surface area contributed by atoms with Crippen molar-refractivity contribution in [1.82, 2.24) is 29.7 Å². The number of thiophene rings is 2. The van der Waals surface area contributed by atoms with Gasteiger partial charge in [0, 0.05) is 22.1 Å². The molecule has 0 aliphatic rings. The summed E-state index contributed by atoms with van der Waals surface area (Å²) in [4.78, 5) is 62.2. The molecule has 2 N–H and O–H groups in total. The molecule has 0 aromatic carbocycles. The number of carbonyl (C=O) groups is 2. The molecule has 12 nitrogen and oxygen atoms in total. The zero-order valence-corrected chi connectivity index (χ0v) is 32.8. The number of hydrogen-bond donors (Lipinski definition) is 2. The van der Waals surface area contributed by atoms with Crippen molar-refractivity contribution in [3.63, 3.8) is 0 Å². The van der Waals surface area contributed by atoms with Gasteiger partial charge in [0.1, 0.15) is 23.0 Å². The number of furan rings is 2. The molecule has 0 saturated heterocycles. The van der Waals surface area contributed by atoms with Crippen molar-refractivity contribution in [1.29, 1.82) is 0 Å². The van der Waals surface area contributed by atoms with Crippen LogP contribution < -0.4 is 21.8 Å². The van der Waals surface area contributed by atoms with E-state index in [-0.39, 0.29) is 36.0 Å². The second-order valence-corrected chi connectivity index (χ2v) is 15.2. The number of fused-ring (bicyclic) bond motifs is 2. The van der Waals surface area contributed by atoms with Gasteiger partial charge in [0.2, 0.25) is 0 Å². The molecule has 8 aromatic heterocycles.